The SMILES string of the molecule is CC=CC=C1C=C(C(=O)O)C=CC1C(=O)O. The van der Waals surface area contributed by atoms with E-state index in [4.69, 9.17) is 10.2 Å². The molecule has 0 spiro atoms. The summed E-state index contributed by atoms with van der Waals surface area (Å²) in [5.74, 6) is -2.83. The van der Waals surface area contributed by atoms with Crippen LogP contribution in [0.5, 0.6) is 0 Å². The van der Waals surface area contributed by atoms with Gasteiger partial charge in [-0.1, -0.05) is 30.4 Å². The van der Waals surface area contributed by atoms with Crippen LogP contribution in [0.25, 0.3) is 0 Å². The summed E-state index contributed by atoms with van der Waals surface area (Å²) in [4.78, 5) is 21.6. The molecule has 4 heteroatoms. The maximum absolute atomic E-state index is 10.9. The molecule has 84 valence electrons. The van der Waals surface area contributed by atoms with E-state index in [9.17, 15) is 9.59 Å². The first kappa shape index (κ1) is 12.0. The number of carbonyl (C=O) groups is 2. The first-order valence-corrected chi connectivity index (χ1v) is 4.75. The quantitative estimate of drug-likeness (QED) is 0.760. The molecular weight excluding hydrogens is 208 g/mol. The molecule has 0 heterocycles. The fraction of sp³-hybridized carbons (Fsp3) is 0.167. The second kappa shape index (κ2) is 5.11. The predicted octanol–water partition coefficient (Wildman–Crippen LogP) is 1.77. The van der Waals surface area contributed by atoms with Gasteiger partial charge in [0.15, 0.2) is 0 Å². The lowest BCUT2D eigenvalue weighted by Crippen LogP contribution is -2.16. The third-order valence-electron chi connectivity index (χ3n) is 2.14. The van der Waals surface area contributed by atoms with Crippen molar-refractivity contribution < 1.29 is 19.8 Å². The zero-order chi connectivity index (χ0) is 12.1. The monoisotopic (exact) mass is 220 g/mol. The van der Waals surface area contributed by atoms with Gasteiger partial charge in [0.05, 0.1) is 5.57 Å². The van der Waals surface area contributed by atoms with E-state index in [1.54, 1.807) is 25.2 Å². The van der Waals surface area contributed by atoms with Crippen LogP contribution in [0.15, 0.2) is 47.6 Å². The smallest absolute Gasteiger partial charge is 0.335 e. The second-order valence-electron chi connectivity index (χ2n) is 3.27. The molecule has 4 nitrogen and oxygen atoms in total. The molecule has 0 bridgehead atoms. The lowest BCUT2D eigenvalue weighted by Gasteiger charge is -2.13. The molecule has 0 aromatic heterocycles. The predicted molar refractivity (Wildman–Crippen MR) is 58.9 cm³/mol. The van der Waals surface area contributed by atoms with E-state index in [0.717, 1.165) is 0 Å². The minimum atomic E-state index is -1.06. The number of allylic oxidation sites excluding steroid dienone is 4. The van der Waals surface area contributed by atoms with Gasteiger partial charge in [-0.15, -0.1) is 0 Å². The molecule has 0 fully saturated rings. The molecular formula is C12H12O4. The summed E-state index contributed by atoms with van der Waals surface area (Å²) in [5, 5.41) is 17.7. The van der Waals surface area contributed by atoms with E-state index < -0.39 is 17.9 Å². The van der Waals surface area contributed by atoms with Crippen LogP contribution in [0.1, 0.15) is 6.92 Å². The van der Waals surface area contributed by atoms with Crippen molar-refractivity contribution in [1.29, 1.82) is 0 Å². The van der Waals surface area contributed by atoms with Gasteiger partial charge in [0.1, 0.15) is 5.92 Å². The Bertz CT molecular complexity index is 424. The highest BCUT2D eigenvalue weighted by molar-refractivity contribution is 5.92. The van der Waals surface area contributed by atoms with Gasteiger partial charge in [0.2, 0.25) is 0 Å². The summed E-state index contributed by atoms with van der Waals surface area (Å²) in [6, 6.07) is 0. The maximum atomic E-state index is 10.9. The molecule has 0 saturated heterocycles. The lowest BCUT2D eigenvalue weighted by molar-refractivity contribution is -0.139. The Kier molecular flexibility index (Phi) is 3.83. The van der Waals surface area contributed by atoms with E-state index in [-0.39, 0.29) is 5.57 Å². The Morgan fingerprint density at radius 2 is 2.06 bits per heavy atom. The summed E-state index contributed by atoms with van der Waals surface area (Å²) in [5.41, 5.74) is 0.554. The zero-order valence-electron chi connectivity index (χ0n) is 8.75. The minimum absolute atomic E-state index is 0.0910. The number of hydrogen-bond acceptors (Lipinski definition) is 2. The summed E-state index contributed by atoms with van der Waals surface area (Å²) in [7, 11) is 0. The maximum Gasteiger partial charge on any atom is 0.335 e. The standard InChI is InChI=1S/C12H12O4/c1-2-3-4-8-7-9(11(13)14)5-6-10(8)12(15)16/h2-7,10H,1H3,(H,13,14)(H,15,16). The van der Waals surface area contributed by atoms with Crippen molar-refractivity contribution >= 4 is 11.9 Å². The van der Waals surface area contributed by atoms with Gasteiger partial charge in [0.25, 0.3) is 0 Å². The van der Waals surface area contributed by atoms with E-state index in [0.29, 0.717) is 5.57 Å². The van der Waals surface area contributed by atoms with Crippen LogP contribution in [0.3, 0.4) is 0 Å². The van der Waals surface area contributed by atoms with Crippen molar-refractivity contribution in [2.75, 3.05) is 0 Å². The third-order valence-corrected chi connectivity index (χ3v) is 2.14. The molecule has 0 aromatic carbocycles. The van der Waals surface area contributed by atoms with Crippen LogP contribution in [-0.4, -0.2) is 22.2 Å². The number of carboxylic acid groups (broad SMARTS) is 2. The van der Waals surface area contributed by atoms with Crippen LogP contribution in [-0.2, 0) is 9.59 Å². The van der Waals surface area contributed by atoms with Crippen molar-refractivity contribution in [3.8, 4) is 0 Å². The largest absolute Gasteiger partial charge is 0.481 e. The van der Waals surface area contributed by atoms with Crippen molar-refractivity contribution in [2.24, 2.45) is 5.92 Å². The molecule has 1 unspecified atom stereocenters. The molecule has 1 aliphatic carbocycles. The second-order valence-corrected chi connectivity index (χ2v) is 3.27. The van der Waals surface area contributed by atoms with E-state index >= 15 is 0 Å². The van der Waals surface area contributed by atoms with Crippen molar-refractivity contribution in [3.05, 3.63) is 47.6 Å². The van der Waals surface area contributed by atoms with Crippen LogP contribution in [0.2, 0.25) is 0 Å². The van der Waals surface area contributed by atoms with Crippen LogP contribution >= 0.6 is 0 Å². The highest BCUT2D eigenvalue weighted by atomic mass is 16.4. The van der Waals surface area contributed by atoms with E-state index in [1.165, 1.54) is 18.2 Å². The summed E-state index contributed by atoms with van der Waals surface area (Å²) >= 11 is 0. The van der Waals surface area contributed by atoms with Gasteiger partial charge in [-0.3, -0.25) is 4.79 Å². The van der Waals surface area contributed by atoms with Crippen LogP contribution in [0.4, 0.5) is 0 Å². The normalized spacial score (nSPS) is 22.4. The fourth-order valence-electron chi connectivity index (χ4n) is 1.35. The van der Waals surface area contributed by atoms with Gasteiger partial charge in [-0.05, 0) is 18.6 Å². The third kappa shape index (κ3) is 2.70. The Labute approximate surface area is 92.9 Å². The van der Waals surface area contributed by atoms with Gasteiger partial charge in [0, 0.05) is 0 Å². The minimum Gasteiger partial charge on any atom is -0.481 e. The van der Waals surface area contributed by atoms with Crippen LogP contribution < -0.4 is 0 Å². The molecule has 0 radical (unpaired) electrons. The Morgan fingerprint density at radius 3 is 2.56 bits per heavy atom. The zero-order valence-corrected chi connectivity index (χ0v) is 8.75. The molecule has 2 N–H and O–H groups in total. The molecule has 16 heavy (non-hydrogen) atoms. The number of rotatable bonds is 3. The van der Waals surface area contributed by atoms with Crippen molar-refractivity contribution in [3.63, 3.8) is 0 Å². The average Bonchev–Trinajstić information content (AvgIpc) is 2.25. The van der Waals surface area contributed by atoms with Gasteiger partial charge < -0.3 is 10.2 Å². The van der Waals surface area contributed by atoms with Gasteiger partial charge >= 0.3 is 11.9 Å². The number of carboxylic acids is 2. The highest BCUT2D eigenvalue weighted by Gasteiger charge is 2.22. The highest BCUT2D eigenvalue weighted by Crippen LogP contribution is 2.23. The van der Waals surface area contributed by atoms with Crippen molar-refractivity contribution in [1.82, 2.24) is 0 Å². The van der Waals surface area contributed by atoms with E-state index in [1.807, 2.05) is 0 Å². The summed E-state index contributed by atoms with van der Waals surface area (Å²) in [6.07, 6.45) is 9.10. The Hall–Kier alpha value is -2.10. The molecule has 0 aliphatic heterocycles. The van der Waals surface area contributed by atoms with Gasteiger partial charge in [-0.2, -0.15) is 0 Å². The van der Waals surface area contributed by atoms with E-state index in [2.05, 4.69) is 0 Å². The molecule has 1 aliphatic rings. The first-order valence-electron chi connectivity index (χ1n) is 4.75. The lowest BCUT2D eigenvalue weighted by atomic mass is 9.91. The number of hydrogen-bond donors (Lipinski definition) is 2. The van der Waals surface area contributed by atoms with Crippen molar-refractivity contribution in [2.45, 2.75) is 6.92 Å². The Balaban J connectivity index is 3.10. The summed E-state index contributed by atoms with van der Waals surface area (Å²) in [6.45, 7) is 1.80. The Morgan fingerprint density at radius 1 is 1.38 bits per heavy atom. The topological polar surface area (TPSA) is 74.6 Å². The molecule has 0 saturated carbocycles. The first-order chi connectivity index (χ1) is 7.56. The fourth-order valence-corrected chi connectivity index (χ4v) is 1.35. The van der Waals surface area contributed by atoms with Gasteiger partial charge in [-0.25, -0.2) is 4.79 Å². The molecule has 1 atom stereocenters. The number of aliphatic carboxylic acids is 2. The van der Waals surface area contributed by atoms with Crippen LogP contribution in [0, 0.1) is 5.92 Å². The molecule has 0 aromatic rings. The molecule has 1 rings (SSSR count). The average molecular weight is 220 g/mol. The summed E-state index contributed by atoms with van der Waals surface area (Å²) < 4.78 is 0. The molecule has 0 amide bonds.